The molecule has 0 aliphatic rings. The van der Waals surface area contributed by atoms with Crippen LogP contribution in [0.2, 0.25) is 0 Å². The molecule has 0 saturated heterocycles. The van der Waals surface area contributed by atoms with Crippen molar-refractivity contribution in [3.05, 3.63) is 59.3 Å². The summed E-state index contributed by atoms with van der Waals surface area (Å²) in [5.41, 5.74) is 2.81. The van der Waals surface area contributed by atoms with Gasteiger partial charge in [-0.3, -0.25) is 0 Å². The number of hydrogen-bond acceptors (Lipinski definition) is 4. The maximum atomic E-state index is 11.7. The summed E-state index contributed by atoms with van der Waals surface area (Å²) in [5, 5.41) is 3.27. The minimum Gasteiger partial charge on any atom is -0.465 e. The predicted molar refractivity (Wildman–Crippen MR) is 78.8 cm³/mol. The lowest BCUT2D eigenvalue weighted by Crippen LogP contribution is -2.13. The highest BCUT2D eigenvalue weighted by molar-refractivity contribution is 5.94. The molecule has 2 aromatic rings. The summed E-state index contributed by atoms with van der Waals surface area (Å²) in [5.74, 6) is 0.146. The molecule has 0 radical (unpaired) electrons. The summed E-state index contributed by atoms with van der Waals surface area (Å²) < 4.78 is 4.77. The van der Waals surface area contributed by atoms with E-state index in [-0.39, 0.29) is 6.04 Å². The Balaban J connectivity index is 2.26. The lowest BCUT2D eigenvalue weighted by molar-refractivity contribution is 0.0601. The van der Waals surface area contributed by atoms with Crippen molar-refractivity contribution in [3.63, 3.8) is 0 Å². The van der Waals surface area contributed by atoms with E-state index in [4.69, 9.17) is 4.74 Å². The third-order valence-electron chi connectivity index (χ3n) is 3.22. The molecule has 2 rings (SSSR count). The lowest BCUT2D eigenvalue weighted by Gasteiger charge is -2.18. The van der Waals surface area contributed by atoms with E-state index in [1.165, 1.54) is 18.2 Å². The van der Waals surface area contributed by atoms with E-state index >= 15 is 0 Å². The van der Waals surface area contributed by atoms with Gasteiger partial charge in [-0.05, 0) is 37.1 Å². The predicted octanol–water partition coefficient (Wildman–Crippen LogP) is 3.35. The van der Waals surface area contributed by atoms with Gasteiger partial charge in [0.1, 0.15) is 11.4 Å². The molecule has 1 atom stereocenters. The molecule has 1 aromatic carbocycles. The fourth-order valence-electron chi connectivity index (χ4n) is 2.15. The van der Waals surface area contributed by atoms with Gasteiger partial charge in [0.2, 0.25) is 0 Å². The molecule has 0 fully saturated rings. The van der Waals surface area contributed by atoms with Crippen LogP contribution in [-0.4, -0.2) is 18.1 Å². The standard InChI is InChI=1S/C16H18N2O2/c1-11-7-4-5-8-13(11)12(2)18-15-14(16(19)20-3)9-6-10-17-15/h4-10,12H,1-3H3,(H,17,18). The Kier molecular flexibility index (Phi) is 4.35. The van der Waals surface area contributed by atoms with Crippen LogP contribution in [-0.2, 0) is 4.74 Å². The first kappa shape index (κ1) is 14.1. The van der Waals surface area contributed by atoms with Crippen molar-refractivity contribution in [3.8, 4) is 0 Å². The highest BCUT2D eigenvalue weighted by Gasteiger charge is 2.15. The number of hydrogen-bond donors (Lipinski definition) is 1. The molecule has 1 aromatic heterocycles. The molecule has 4 heteroatoms. The molecule has 104 valence electrons. The van der Waals surface area contributed by atoms with Gasteiger partial charge in [-0.15, -0.1) is 0 Å². The molecule has 0 amide bonds. The number of methoxy groups -OCH3 is 1. The Morgan fingerprint density at radius 1 is 1.25 bits per heavy atom. The summed E-state index contributed by atoms with van der Waals surface area (Å²) in [6.07, 6.45) is 1.65. The van der Waals surface area contributed by atoms with Crippen molar-refractivity contribution in [2.45, 2.75) is 19.9 Å². The highest BCUT2D eigenvalue weighted by atomic mass is 16.5. The van der Waals surface area contributed by atoms with Crippen LogP contribution in [0.4, 0.5) is 5.82 Å². The number of nitrogens with zero attached hydrogens (tertiary/aromatic N) is 1. The minimum absolute atomic E-state index is 0.0505. The Bertz CT molecular complexity index is 611. The van der Waals surface area contributed by atoms with Gasteiger partial charge in [0.15, 0.2) is 0 Å². The maximum Gasteiger partial charge on any atom is 0.341 e. The lowest BCUT2D eigenvalue weighted by atomic mass is 10.0. The normalized spacial score (nSPS) is 11.8. The van der Waals surface area contributed by atoms with E-state index in [1.54, 1.807) is 18.3 Å². The van der Waals surface area contributed by atoms with Crippen molar-refractivity contribution < 1.29 is 9.53 Å². The number of ether oxygens (including phenoxy) is 1. The molecule has 0 aliphatic heterocycles. The van der Waals surface area contributed by atoms with Crippen molar-refractivity contribution in [1.29, 1.82) is 0 Å². The first-order valence-corrected chi connectivity index (χ1v) is 6.49. The number of pyridine rings is 1. The number of esters is 1. The molecule has 0 bridgehead atoms. The molecule has 1 unspecified atom stereocenters. The first-order valence-electron chi connectivity index (χ1n) is 6.49. The quantitative estimate of drug-likeness (QED) is 0.866. The second-order valence-corrected chi connectivity index (χ2v) is 4.61. The second-order valence-electron chi connectivity index (χ2n) is 4.61. The second kappa shape index (κ2) is 6.19. The van der Waals surface area contributed by atoms with Crippen molar-refractivity contribution in [1.82, 2.24) is 4.98 Å². The van der Waals surface area contributed by atoms with Gasteiger partial charge >= 0.3 is 5.97 Å². The SMILES string of the molecule is COC(=O)c1cccnc1NC(C)c1ccccc1C. The van der Waals surface area contributed by atoms with E-state index in [0.717, 1.165) is 0 Å². The van der Waals surface area contributed by atoms with Crippen LogP contribution < -0.4 is 5.32 Å². The number of benzene rings is 1. The number of carbonyl (C=O) groups is 1. The number of aromatic nitrogens is 1. The van der Waals surface area contributed by atoms with Gasteiger partial charge in [-0.25, -0.2) is 9.78 Å². The zero-order chi connectivity index (χ0) is 14.5. The molecule has 0 spiro atoms. The minimum atomic E-state index is -0.391. The van der Waals surface area contributed by atoms with Crippen molar-refractivity contribution in [2.24, 2.45) is 0 Å². The van der Waals surface area contributed by atoms with E-state index < -0.39 is 5.97 Å². The summed E-state index contributed by atoms with van der Waals surface area (Å²) in [6.45, 7) is 4.10. The number of rotatable bonds is 4. The van der Waals surface area contributed by atoms with Crippen molar-refractivity contribution in [2.75, 3.05) is 12.4 Å². The molecule has 0 aliphatic carbocycles. The Labute approximate surface area is 118 Å². The third-order valence-corrected chi connectivity index (χ3v) is 3.22. The number of carbonyl (C=O) groups excluding carboxylic acids is 1. The number of nitrogens with one attached hydrogen (secondary N) is 1. The van der Waals surface area contributed by atoms with Crippen LogP contribution >= 0.6 is 0 Å². The van der Waals surface area contributed by atoms with Crippen LogP contribution in [0.15, 0.2) is 42.6 Å². The van der Waals surface area contributed by atoms with Crippen LogP contribution in [0.5, 0.6) is 0 Å². The van der Waals surface area contributed by atoms with Gasteiger partial charge in [0.05, 0.1) is 13.2 Å². The monoisotopic (exact) mass is 270 g/mol. The van der Waals surface area contributed by atoms with E-state index in [1.807, 2.05) is 19.1 Å². The summed E-state index contributed by atoms with van der Waals surface area (Å²) >= 11 is 0. The van der Waals surface area contributed by atoms with Crippen LogP contribution in [0.1, 0.15) is 34.5 Å². The Hall–Kier alpha value is -2.36. The zero-order valence-corrected chi connectivity index (χ0v) is 11.9. The van der Waals surface area contributed by atoms with Crippen LogP contribution in [0.25, 0.3) is 0 Å². The van der Waals surface area contributed by atoms with E-state index in [9.17, 15) is 4.79 Å². The fraction of sp³-hybridized carbons (Fsp3) is 0.250. The fourth-order valence-corrected chi connectivity index (χ4v) is 2.15. The molecule has 20 heavy (non-hydrogen) atoms. The molecule has 1 heterocycles. The molecule has 0 saturated carbocycles. The molecular weight excluding hydrogens is 252 g/mol. The van der Waals surface area contributed by atoms with Gasteiger partial charge in [-0.2, -0.15) is 0 Å². The van der Waals surface area contributed by atoms with Gasteiger partial charge in [-0.1, -0.05) is 24.3 Å². The van der Waals surface area contributed by atoms with Crippen LogP contribution in [0, 0.1) is 6.92 Å². The molecular formula is C16H18N2O2. The van der Waals surface area contributed by atoms with Crippen molar-refractivity contribution >= 4 is 11.8 Å². The first-order chi connectivity index (χ1) is 9.63. The van der Waals surface area contributed by atoms with Gasteiger partial charge < -0.3 is 10.1 Å². The van der Waals surface area contributed by atoms with E-state index in [2.05, 4.69) is 29.4 Å². The maximum absolute atomic E-state index is 11.7. The van der Waals surface area contributed by atoms with Gasteiger partial charge in [0.25, 0.3) is 0 Å². The van der Waals surface area contributed by atoms with Crippen LogP contribution in [0.3, 0.4) is 0 Å². The van der Waals surface area contributed by atoms with Gasteiger partial charge in [0, 0.05) is 6.20 Å². The molecule has 4 nitrogen and oxygen atoms in total. The largest absolute Gasteiger partial charge is 0.465 e. The average Bonchev–Trinajstić information content (AvgIpc) is 2.47. The third kappa shape index (κ3) is 2.96. The summed E-state index contributed by atoms with van der Waals surface area (Å²) in [4.78, 5) is 15.9. The Morgan fingerprint density at radius 3 is 2.70 bits per heavy atom. The van der Waals surface area contributed by atoms with E-state index in [0.29, 0.717) is 11.4 Å². The molecule has 1 N–H and O–H groups in total. The number of anilines is 1. The Morgan fingerprint density at radius 2 is 2.00 bits per heavy atom. The number of aryl methyl sites for hydroxylation is 1. The smallest absolute Gasteiger partial charge is 0.341 e. The average molecular weight is 270 g/mol. The summed E-state index contributed by atoms with van der Waals surface area (Å²) in [6, 6.07) is 11.6. The highest BCUT2D eigenvalue weighted by Crippen LogP contribution is 2.23. The topological polar surface area (TPSA) is 51.2 Å². The summed E-state index contributed by atoms with van der Waals surface area (Å²) in [7, 11) is 1.36. The zero-order valence-electron chi connectivity index (χ0n) is 11.9.